The Morgan fingerprint density at radius 3 is 2.18 bits per heavy atom. The lowest BCUT2D eigenvalue weighted by molar-refractivity contribution is 0.947. The molecular weight excluding hydrogens is 134 g/mol. The van der Waals surface area contributed by atoms with Crippen LogP contribution in [0.3, 0.4) is 0 Å². The van der Waals surface area contributed by atoms with Gasteiger partial charge < -0.3 is 5.32 Å². The smallest absolute Gasteiger partial charge is 0.0143 e. The summed E-state index contributed by atoms with van der Waals surface area (Å²) in [5, 5.41) is 2.99. The van der Waals surface area contributed by atoms with Gasteiger partial charge in [-0.3, -0.25) is 0 Å². The number of nitrogens with one attached hydrogen (secondary N) is 1. The first-order valence-electron chi connectivity index (χ1n) is 4.04. The van der Waals surface area contributed by atoms with Crippen molar-refractivity contribution in [2.75, 3.05) is 0 Å². The van der Waals surface area contributed by atoms with Crippen LogP contribution in [0.4, 0.5) is 0 Å². The van der Waals surface area contributed by atoms with Gasteiger partial charge in [-0.25, -0.2) is 0 Å². The number of hydrogen-bond donors (Lipinski definition) is 1. The largest absolute Gasteiger partial charge is 0.366 e. The van der Waals surface area contributed by atoms with E-state index in [-0.39, 0.29) is 0 Å². The van der Waals surface area contributed by atoms with E-state index in [1.54, 1.807) is 12.3 Å². The van der Waals surface area contributed by atoms with E-state index < -0.39 is 0 Å². The van der Waals surface area contributed by atoms with Gasteiger partial charge in [0, 0.05) is 5.70 Å². The Hall–Kier alpha value is -0.980. The quantitative estimate of drug-likeness (QED) is 0.611. The summed E-state index contributed by atoms with van der Waals surface area (Å²) >= 11 is 0. The topological polar surface area (TPSA) is 12.0 Å². The standard InChI is InChI=1S/C8H13N.C2H6/c1-4-7-8(5-2)9-6-3;1-2/h4,6-7,9H,1,3,5H2,2H3;1-2H3/b8-7+;. The highest BCUT2D eigenvalue weighted by Crippen LogP contribution is 1.93. The van der Waals surface area contributed by atoms with Crippen molar-refractivity contribution in [2.45, 2.75) is 27.2 Å². The van der Waals surface area contributed by atoms with Crippen LogP contribution in [0.15, 0.2) is 37.2 Å². The van der Waals surface area contributed by atoms with E-state index in [0.29, 0.717) is 0 Å². The molecule has 1 heteroatoms. The normalized spacial score (nSPS) is 9.18. The minimum absolute atomic E-state index is 0.984. The lowest BCUT2D eigenvalue weighted by atomic mass is 10.3. The maximum absolute atomic E-state index is 3.58. The van der Waals surface area contributed by atoms with E-state index in [4.69, 9.17) is 0 Å². The average molecular weight is 153 g/mol. The van der Waals surface area contributed by atoms with Crippen LogP contribution in [0, 0.1) is 0 Å². The van der Waals surface area contributed by atoms with Gasteiger partial charge in [0.15, 0.2) is 0 Å². The van der Waals surface area contributed by atoms with Gasteiger partial charge in [0.1, 0.15) is 0 Å². The fourth-order valence-corrected chi connectivity index (χ4v) is 0.541. The molecule has 0 spiro atoms. The highest BCUT2D eigenvalue weighted by molar-refractivity contribution is 5.09. The second-order valence-corrected chi connectivity index (χ2v) is 1.63. The lowest BCUT2D eigenvalue weighted by Crippen LogP contribution is -2.01. The summed E-state index contributed by atoms with van der Waals surface area (Å²) in [6.07, 6.45) is 6.34. The predicted octanol–water partition coefficient (Wildman–Crippen LogP) is 3.23. The van der Waals surface area contributed by atoms with Gasteiger partial charge >= 0.3 is 0 Å². The monoisotopic (exact) mass is 153 g/mol. The van der Waals surface area contributed by atoms with Crippen molar-refractivity contribution < 1.29 is 0 Å². The Bertz CT molecular complexity index is 123. The van der Waals surface area contributed by atoms with Crippen molar-refractivity contribution in [1.29, 1.82) is 0 Å². The third kappa shape index (κ3) is 9.02. The molecule has 1 N–H and O–H groups in total. The summed E-state index contributed by atoms with van der Waals surface area (Å²) in [4.78, 5) is 0. The van der Waals surface area contributed by atoms with Crippen LogP contribution < -0.4 is 5.32 Å². The van der Waals surface area contributed by atoms with Crippen LogP contribution in [-0.2, 0) is 0 Å². The van der Waals surface area contributed by atoms with E-state index in [1.807, 2.05) is 19.9 Å². The van der Waals surface area contributed by atoms with E-state index in [9.17, 15) is 0 Å². The predicted molar refractivity (Wildman–Crippen MR) is 53.3 cm³/mol. The third-order valence-corrected chi connectivity index (χ3v) is 0.987. The minimum atomic E-state index is 0.984. The molecule has 0 aliphatic heterocycles. The molecule has 0 aliphatic carbocycles. The summed E-state index contributed by atoms with van der Waals surface area (Å²) in [7, 11) is 0. The van der Waals surface area contributed by atoms with Crippen molar-refractivity contribution in [3.05, 3.63) is 37.2 Å². The molecule has 0 aromatic heterocycles. The van der Waals surface area contributed by atoms with Gasteiger partial charge in [-0.2, -0.15) is 0 Å². The SMILES string of the molecule is C=C/C=C(\CC)NC=C.CC. The van der Waals surface area contributed by atoms with E-state index in [1.165, 1.54) is 0 Å². The molecule has 0 atom stereocenters. The molecule has 0 saturated heterocycles. The van der Waals surface area contributed by atoms with Crippen LogP contribution in [0.25, 0.3) is 0 Å². The molecule has 64 valence electrons. The minimum Gasteiger partial charge on any atom is -0.366 e. The summed E-state index contributed by atoms with van der Waals surface area (Å²) in [5.41, 5.74) is 1.14. The van der Waals surface area contributed by atoms with Gasteiger partial charge in [0.05, 0.1) is 0 Å². The second kappa shape index (κ2) is 11.8. The summed E-state index contributed by atoms with van der Waals surface area (Å²) in [5.74, 6) is 0. The Labute approximate surface area is 70.5 Å². The van der Waals surface area contributed by atoms with Crippen molar-refractivity contribution >= 4 is 0 Å². The zero-order valence-corrected chi connectivity index (χ0v) is 7.85. The molecule has 0 aromatic carbocycles. The fraction of sp³-hybridized carbons (Fsp3) is 0.400. The summed E-state index contributed by atoms with van der Waals surface area (Å²) in [6.45, 7) is 13.2. The molecule has 0 aliphatic rings. The third-order valence-electron chi connectivity index (χ3n) is 0.987. The molecule has 0 heterocycles. The van der Waals surface area contributed by atoms with Crippen molar-refractivity contribution in [2.24, 2.45) is 0 Å². The van der Waals surface area contributed by atoms with Gasteiger partial charge in [0.2, 0.25) is 0 Å². The van der Waals surface area contributed by atoms with Crippen molar-refractivity contribution in [3.8, 4) is 0 Å². The maximum Gasteiger partial charge on any atom is 0.0143 e. The highest BCUT2D eigenvalue weighted by atomic mass is 14.8. The Morgan fingerprint density at radius 1 is 1.36 bits per heavy atom. The molecular formula is C10H19N. The van der Waals surface area contributed by atoms with Crippen molar-refractivity contribution in [1.82, 2.24) is 5.32 Å². The Balaban J connectivity index is 0. The number of rotatable bonds is 4. The van der Waals surface area contributed by atoms with Gasteiger partial charge in [0.25, 0.3) is 0 Å². The number of allylic oxidation sites excluding steroid dienone is 3. The first-order valence-corrected chi connectivity index (χ1v) is 4.04. The molecule has 0 fully saturated rings. The van der Waals surface area contributed by atoms with E-state index >= 15 is 0 Å². The van der Waals surface area contributed by atoms with Crippen LogP contribution in [0.1, 0.15) is 27.2 Å². The molecule has 0 unspecified atom stereocenters. The molecule has 0 amide bonds. The van der Waals surface area contributed by atoms with Gasteiger partial charge in [-0.05, 0) is 18.7 Å². The fourth-order valence-electron chi connectivity index (χ4n) is 0.541. The molecule has 0 bridgehead atoms. The maximum atomic E-state index is 3.58. The molecule has 0 aromatic rings. The molecule has 0 saturated carbocycles. The second-order valence-electron chi connectivity index (χ2n) is 1.63. The van der Waals surface area contributed by atoms with Gasteiger partial charge in [-0.15, -0.1) is 0 Å². The Morgan fingerprint density at radius 2 is 1.91 bits per heavy atom. The summed E-state index contributed by atoms with van der Waals surface area (Å²) < 4.78 is 0. The molecule has 1 nitrogen and oxygen atoms in total. The first-order chi connectivity index (χ1) is 5.35. The number of hydrogen-bond acceptors (Lipinski definition) is 1. The van der Waals surface area contributed by atoms with E-state index in [0.717, 1.165) is 12.1 Å². The van der Waals surface area contributed by atoms with Crippen LogP contribution in [0.5, 0.6) is 0 Å². The zero-order chi connectivity index (χ0) is 9.11. The van der Waals surface area contributed by atoms with Crippen molar-refractivity contribution in [3.63, 3.8) is 0 Å². The lowest BCUT2D eigenvalue weighted by Gasteiger charge is -1.99. The Kier molecular flexibility index (Phi) is 13.6. The average Bonchev–Trinajstić information content (AvgIpc) is 2.08. The van der Waals surface area contributed by atoms with Crippen LogP contribution >= 0.6 is 0 Å². The van der Waals surface area contributed by atoms with Gasteiger partial charge in [-0.1, -0.05) is 40.0 Å². The summed E-state index contributed by atoms with van der Waals surface area (Å²) in [6, 6.07) is 0. The van der Waals surface area contributed by atoms with Crippen LogP contribution in [0.2, 0.25) is 0 Å². The van der Waals surface area contributed by atoms with Crippen LogP contribution in [-0.4, -0.2) is 0 Å². The zero-order valence-electron chi connectivity index (χ0n) is 7.85. The van der Waals surface area contributed by atoms with E-state index in [2.05, 4.69) is 25.4 Å². The molecule has 11 heavy (non-hydrogen) atoms. The highest BCUT2D eigenvalue weighted by Gasteiger charge is 1.83. The molecule has 0 radical (unpaired) electrons. The first kappa shape index (κ1) is 12.7. The molecule has 0 rings (SSSR count).